The van der Waals surface area contributed by atoms with Crippen molar-refractivity contribution in [3.63, 3.8) is 0 Å². The Morgan fingerprint density at radius 1 is 1.07 bits per heavy atom. The molecule has 148 valence electrons. The van der Waals surface area contributed by atoms with Gasteiger partial charge in [-0.15, -0.1) is 0 Å². The molecule has 2 rings (SSSR count). The standard InChI is InChI=1S/C19H16F3NO5/c1-28-18(27)13-6-3-5-12(10-13)16(24)23-15(17(25)26)9-11-4-2-7-14(8-11)19(20,21)22/h2-8,10,15H,9H2,1H3,(H,23,24)(H,25,26)/t15-/m0/s1. The van der Waals surface area contributed by atoms with Gasteiger partial charge in [0.2, 0.25) is 0 Å². The lowest BCUT2D eigenvalue weighted by molar-refractivity contribution is -0.139. The normalized spacial score (nSPS) is 12.1. The van der Waals surface area contributed by atoms with Gasteiger partial charge in [0.05, 0.1) is 18.2 Å². The summed E-state index contributed by atoms with van der Waals surface area (Å²) in [5.74, 6) is -2.87. The number of amides is 1. The van der Waals surface area contributed by atoms with Gasteiger partial charge in [-0.3, -0.25) is 4.79 Å². The molecule has 0 aromatic heterocycles. The lowest BCUT2D eigenvalue weighted by atomic mass is 10.0. The molecule has 0 saturated carbocycles. The summed E-state index contributed by atoms with van der Waals surface area (Å²) >= 11 is 0. The average molecular weight is 395 g/mol. The maximum absolute atomic E-state index is 12.8. The summed E-state index contributed by atoms with van der Waals surface area (Å²) in [5, 5.41) is 11.6. The van der Waals surface area contributed by atoms with E-state index in [1.165, 1.54) is 43.5 Å². The van der Waals surface area contributed by atoms with E-state index in [0.717, 1.165) is 12.1 Å². The largest absolute Gasteiger partial charge is 0.480 e. The number of benzene rings is 2. The number of hydrogen-bond acceptors (Lipinski definition) is 4. The molecule has 2 aromatic carbocycles. The number of ether oxygens (including phenoxy) is 1. The van der Waals surface area contributed by atoms with Crippen molar-refractivity contribution >= 4 is 17.8 Å². The maximum Gasteiger partial charge on any atom is 0.416 e. The van der Waals surface area contributed by atoms with Gasteiger partial charge in [-0.1, -0.05) is 24.3 Å². The number of nitrogens with one attached hydrogen (secondary N) is 1. The van der Waals surface area contributed by atoms with E-state index in [0.29, 0.717) is 0 Å². The highest BCUT2D eigenvalue weighted by atomic mass is 19.4. The molecule has 0 unspecified atom stereocenters. The van der Waals surface area contributed by atoms with E-state index in [9.17, 15) is 32.7 Å². The highest BCUT2D eigenvalue weighted by Gasteiger charge is 2.31. The van der Waals surface area contributed by atoms with Crippen LogP contribution in [0.2, 0.25) is 0 Å². The van der Waals surface area contributed by atoms with E-state index in [-0.39, 0.29) is 23.1 Å². The molecule has 0 aliphatic heterocycles. The number of carboxylic acid groups (broad SMARTS) is 1. The fourth-order valence-corrected chi connectivity index (χ4v) is 2.46. The molecular weight excluding hydrogens is 379 g/mol. The van der Waals surface area contributed by atoms with Gasteiger partial charge in [0.25, 0.3) is 5.91 Å². The summed E-state index contributed by atoms with van der Waals surface area (Å²) in [4.78, 5) is 35.3. The van der Waals surface area contributed by atoms with Gasteiger partial charge in [-0.25, -0.2) is 9.59 Å². The number of carboxylic acids is 1. The quantitative estimate of drug-likeness (QED) is 0.734. The van der Waals surface area contributed by atoms with Crippen LogP contribution in [0.1, 0.15) is 31.8 Å². The summed E-state index contributed by atoms with van der Waals surface area (Å²) in [6, 6.07) is 8.18. The first-order chi connectivity index (χ1) is 13.1. The van der Waals surface area contributed by atoms with Crippen LogP contribution in [0.4, 0.5) is 13.2 Å². The van der Waals surface area contributed by atoms with Crippen molar-refractivity contribution in [2.75, 3.05) is 7.11 Å². The number of carbonyl (C=O) groups is 3. The minimum Gasteiger partial charge on any atom is -0.480 e. The molecule has 6 nitrogen and oxygen atoms in total. The van der Waals surface area contributed by atoms with Gasteiger partial charge >= 0.3 is 18.1 Å². The molecule has 1 amide bonds. The van der Waals surface area contributed by atoms with Gasteiger partial charge < -0.3 is 15.2 Å². The Kier molecular flexibility index (Phi) is 6.40. The number of halogens is 3. The minimum absolute atomic E-state index is 0.0122. The van der Waals surface area contributed by atoms with E-state index in [4.69, 9.17) is 0 Å². The van der Waals surface area contributed by atoms with Gasteiger partial charge in [0.15, 0.2) is 0 Å². The molecule has 0 heterocycles. The molecular formula is C19H16F3NO5. The highest BCUT2D eigenvalue weighted by Crippen LogP contribution is 2.29. The van der Waals surface area contributed by atoms with E-state index in [2.05, 4.69) is 10.1 Å². The molecule has 0 fully saturated rings. The molecule has 0 bridgehead atoms. The maximum atomic E-state index is 12.8. The van der Waals surface area contributed by atoms with Crippen LogP contribution < -0.4 is 5.32 Å². The molecule has 2 N–H and O–H groups in total. The van der Waals surface area contributed by atoms with Crippen LogP contribution in [0.3, 0.4) is 0 Å². The summed E-state index contributed by atoms with van der Waals surface area (Å²) in [7, 11) is 1.17. The van der Waals surface area contributed by atoms with Crippen molar-refractivity contribution in [3.05, 3.63) is 70.8 Å². The highest BCUT2D eigenvalue weighted by molar-refractivity contribution is 5.99. The van der Waals surface area contributed by atoms with Crippen LogP contribution >= 0.6 is 0 Å². The molecule has 1 atom stereocenters. The molecule has 0 radical (unpaired) electrons. The topological polar surface area (TPSA) is 92.7 Å². The number of hydrogen-bond donors (Lipinski definition) is 2. The summed E-state index contributed by atoms with van der Waals surface area (Å²) in [5.41, 5.74) is -0.699. The lowest BCUT2D eigenvalue weighted by Crippen LogP contribution is -2.42. The van der Waals surface area contributed by atoms with Crippen molar-refractivity contribution < 1.29 is 37.4 Å². The molecule has 0 aliphatic carbocycles. The van der Waals surface area contributed by atoms with Crippen molar-refractivity contribution in [1.82, 2.24) is 5.32 Å². The van der Waals surface area contributed by atoms with Gasteiger partial charge in [-0.05, 0) is 29.8 Å². The van der Waals surface area contributed by atoms with E-state index in [1.807, 2.05) is 0 Å². The Hall–Kier alpha value is -3.36. The second kappa shape index (κ2) is 8.55. The Labute approximate surface area is 157 Å². The average Bonchev–Trinajstić information content (AvgIpc) is 2.66. The number of methoxy groups -OCH3 is 1. The second-order valence-electron chi connectivity index (χ2n) is 5.84. The molecule has 0 aliphatic rings. The third-order valence-electron chi connectivity index (χ3n) is 3.84. The molecule has 9 heteroatoms. The Bertz CT molecular complexity index is 895. The van der Waals surface area contributed by atoms with Gasteiger partial charge in [-0.2, -0.15) is 13.2 Å². The minimum atomic E-state index is -4.56. The fraction of sp³-hybridized carbons (Fsp3) is 0.211. The summed E-state index contributed by atoms with van der Waals surface area (Å²) < 4.78 is 43.0. The van der Waals surface area contributed by atoms with E-state index < -0.39 is 35.6 Å². The second-order valence-corrected chi connectivity index (χ2v) is 5.84. The summed E-state index contributed by atoms with van der Waals surface area (Å²) in [6.45, 7) is 0. The van der Waals surface area contributed by atoms with Crippen LogP contribution in [0.15, 0.2) is 48.5 Å². The van der Waals surface area contributed by atoms with Crippen LogP contribution in [0, 0.1) is 0 Å². The smallest absolute Gasteiger partial charge is 0.416 e. The molecule has 2 aromatic rings. The number of alkyl halides is 3. The number of esters is 1. The van der Waals surface area contributed by atoms with Gasteiger partial charge in [0.1, 0.15) is 6.04 Å². The number of aliphatic carboxylic acids is 1. The molecule has 28 heavy (non-hydrogen) atoms. The predicted molar refractivity (Wildman–Crippen MR) is 91.8 cm³/mol. The van der Waals surface area contributed by atoms with Crippen LogP contribution in [-0.2, 0) is 22.1 Å². The zero-order valence-corrected chi connectivity index (χ0v) is 14.6. The van der Waals surface area contributed by atoms with Gasteiger partial charge in [0, 0.05) is 12.0 Å². The zero-order valence-electron chi connectivity index (χ0n) is 14.6. The molecule has 0 spiro atoms. The SMILES string of the molecule is COC(=O)c1cccc(C(=O)N[C@@H](Cc2cccc(C(F)(F)F)c2)C(=O)O)c1. The predicted octanol–water partition coefficient (Wildman–Crippen LogP) is 2.92. The van der Waals surface area contributed by atoms with Crippen LogP contribution in [-0.4, -0.2) is 36.1 Å². The zero-order chi connectivity index (χ0) is 20.9. The lowest BCUT2D eigenvalue weighted by Gasteiger charge is -2.16. The Morgan fingerprint density at radius 2 is 1.71 bits per heavy atom. The first-order valence-corrected chi connectivity index (χ1v) is 8.00. The Morgan fingerprint density at radius 3 is 2.32 bits per heavy atom. The monoisotopic (exact) mass is 395 g/mol. The number of rotatable bonds is 6. The van der Waals surface area contributed by atoms with Crippen molar-refractivity contribution in [2.24, 2.45) is 0 Å². The van der Waals surface area contributed by atoms with Crippen molar-refractivity contribution in [1.29, 1.82) is 0 Å². The first-order valence-electron chi connectivity index (χ1n) is 8.00. The summed E-state index contributed by atoms with van der Waals surface area (Å²) in [6.07, 6.45) is -4.91. The van der Waals surface area contributed by atoms with Crippen molar-refractivity contribution in [2.45, 2.75) is 18.6 Å². The van der Waals surface area contributed by atoms with Crippen molar-refractivity contribution in [3.8, 4) is 0 Å². The third-order valence-corrected chi connectivity index (χ3v) is 3.84. The fourth-order valence-electron chi connectivity index (χ4n) is 2.46. The molecule has 0 saturated heterocycles. The number of carbonyl (C=O) groups excluding carboxylic acids is 2. The van der Waals surface area contributed by atoms with Crippen LogP contribution in [0.5, 0.6) is 0 Å². The van der Waals surface area contributed by atoms with E-state index in [1.54, 1.807) is 0 Å². The third kappa shape index (κ3) is 5.32. The first kappa shape index (κ1) is 20.9. The Balaban J connectivity index is 2.19. The van der Waals surface area contributed by atoms with Crippen LogP contribution in [0.25, 0.3) is 0 Å². The van der Waals surface area contributed by atoms with E-state index >= 15 is 0 Å².